The maximum absolute atomic E-state index is 12.0. The minimum Gasteiger partial charge on any atom is -0.545 e. The summed E-state index contributed by atoms with van der Waals surface area (Å²) in [4.78, 5) is 22.9. The number of carbonyl (C=O) groups is 2. The normalized spacial score (nSPS) is 10.1. The van der Waals surface area contributed by atoms with E-state index in [4.69, 9.17) is 11.6 Å². The first kappa shape index (κ1) is 14.1. The monoisotopic (exact) mass is 288 g/mol. The lowest BCUT2D eigenvalue weighted by molar-refractivity contribution is -0.255. The molecule has 0 aliphatic carbocycles. The lowest BCUT2D eigenvalue weighted by atomic mass is 10.1. The minimum atomic E-state index is -1.29. The summed E-state index contributed by atoms with van der Waals surface area (Å²) in [5.74, 6) is -1.62. The summed E-state index contributed by atoms with van der Waals surface area (Å²) in [5, 5.41) is 14.0. The number of anilines is 1. The highest BCUT2D eigenvalue weighted by atomic mass is 35.5. The van der Waals surface area contributed by atoms with Gasteiger partial charge in [-0.25, -0.2) is 0 Å². The first-order valence-corrected chi connectivity index (χ1v) is 6.24. The summed E-state index contributed by atoms with van der Waals surface area (Å²) < 4.78 is 0. The first-order chi connectivity index (χ1) is 9.47. The molecule has 0 atom stereocenters. The van der Waals surface area contributed by atoms with Crippen molar-refractivity contribution in [3.05, 3.63) is 64.2 Å². The molecule has 2 rings (SSSR count). The first-order valence-electron chi connectivity index (χ1n) is 5.86. The van der Waals surface area contributed by atoms with E-state index in [0.717, 1.165) is 5.56 Å². The largest absolute Gasteiger partial charge is 0.545 e. The Bertz CT molecular complexity index is 665. The molecule has 20 heavy (non-hydrogen) atoms. The molecule has 0 saturated carbocycles. The molecule has 2 aromatic carbocycles. The van der Waals surface area contributed by atoms with Gasteiger partial charge in [0.25, 0.3) is 5.91 Å². The fraction of sp³-hybridized carbons (Fsp3) is 0.0667. The molecular formula is C15H11ClNO3-. The van der Waals surface area contributed by atoms with Crippen LogP contribution in [0.2, 0.25) is 5.02 Å². The second kappa shape index (κ2) is 5.75. The Morgan fingerprint density at radius 1 is 1.05 bits per heavy atom. The number of amides is 1. The van der Waals surface area contributed by atoms with Crippen LogP contribution in [-0.2, 0) is 0 Å². The van der Waals surface area contributed by atoms with Crippen LogP contribution in [-0.4, -0.2) is 11.9 Å². The van der Waals surface area contributed by atoms with Crippen molar-refractivity contribution in [1.82, 2.24) is 0 Å². The van der Waals surface area contributed by atoms with Gasteiger partial charge < -0.3 is 15.2 Å². The smallest absolute Gasteiger partial charge is 0.255 e. The van der Waals surface area contributed by atoms with Crippen LogP contribution in [0.25, 0.3) is 0 Å². The summed E-state index contributed by atoms with van der Waals surface area (Å²) in [7, 11) is 0. The number of hydrogen-bond acceptors (Lipinski definition) is 3. The van der Waals surface area contributed by atoms with Gasteiger partial charge in [-0.2, -0.15) is 0 Å². The number of hydrogen-bond donors (Lipinski definition) is 1. The van der Waals surface area contributed by atoms with Crippen LogP contribution >= 0.6 is 11.6 Å². The van der Waals surface area contributed by atoms with Crippen LogP contribution in [0.5, 0.6) is 0 Å². The molecular weight excluding hydrogens is 278 g/mol. The zero-order valence-electron chi connectivity index (χ0n) is 10.6. The van der Waals surface area contributed by atoms with E-state index in [1.807, 2.05) is 0 Å². The molecule has 4 nitrogen and oxygen atoms in total. The molecule has 0 aliphatic rings. The molecule has 2 aromatic rings. The Kier molecular flexibility index (Phi) is 4.05. The second-order valence-corrected chi connectivity index (χ2v) is 4.71. The Morgan fingerprint density at radius 3 is 2.25 bits per heavy atom. The number of aryl methyl sites for hydroxylation is 1. The lowest BCUT2D eigenvalue weighted by Gasteiger charge is -2.11. The molecule has 102 valence electrons. The Morgan fingerprint density at radius 2 is 1.65 bits per heavy atom. The van der Waals surface area contributed by atoms with Gasteiger partial charge >= 0.3 is 0 Å². The molecule has 0 bridgehead atoms. The number of halogens is 1. The van der Waals surface area contributed by atoms with Crippen LogP contribution in [0.4, 0.5) is 5.69 Å². The van der Waals surface area contributed by atoms with Crippen molar-refractivity contribution in [1.29, 1.82) is 0 Å². The quantitative estimate of drug-likeness (QED) is 0.942. The number of benzene rings is 2. The van der Waals surface area contributed by atoms with Crippen molar-refractivity contribution >= 4 is 29.2 Å². The summed E-state index contributed by atoms with van der Waals surface area (Å²) in [6.07, 6.45) is 0. The Balaban J connectivity index is 2.25. The van der Waals surface area contributed by atoms with Gasteiger partial charge in [0.2, 0.25) is 0 Å². The molecule has 0 aliphatic heterocycles. The third-order valence-electron chi connectivity index (χ3n) is 2.83. The third-order valence-corrected chi connectivity index (χ3v) is 3.08. The van der Waals surface area contributed by atoms with Crippen molar-refractivity contribution in [3.63, 3.8) is 0 Å². The predicted molar refractivity (Wildman–Crippen MR) is 74.9 cm³/mol. The van der Waals surface area contributed by atoms with Crippen LogP contribution in [0.1, 0.15) is 26.3 Å². The molecule has 0 fully saturated rings. The summed E-state index contributed by atoms with van der Waals surface area (Å²) in [6, 6.07) is 10.8. The van der Waals surface area contributed by atoms with E-state index in [1.54, 1.807) is 37.3 Å². The van der Waals surface area contributed by atoms with Gasteiger partial charge in [0.15, 0.2) is 0 Å². The Hall–Kier alpha value is -2.33. The van der Waals surface area contributed by atoms with Crippen LogP contribution in [0.3, 0.4) is 0 Å². The number of carbonyl (C=O) groups excluding carboxylic acids is 2. The van der Waals surface area contributed by atoms with Gasteiger partial charge in [0, 0.05) is 16.3 Å². The van der Waals surface area contributed by atoms with Gasteiger partial charge in [-0.3, -0.25) is 4.79 Å². The molecule has 0 heterocycles. The summed E-state index contributed by atoms with van der Waals surface area (Å²) >= 11 is 5.75. The highest BCUT2D eigenvalue weighted by molar-refractivity contribution is 6.30. The number of rotatable bonds is 3. The van der Waals surface area contributed by atoms with E-state index in [1.165, 1.54) is 12.1 Å². The number of nitrogens with one attached hydrogen (secondary N) is 1. The van der Waals surface area contributed by atoms with Crippen molar-refractivity contribution in [2.24, 2.45) is 0 Å². The van der Waals surface area contributed by atoms with Gasteiger partial charge in [-0.1, -0.05) is 23.7 Å². The van der Waals surface area contributed by atoms with Crippen LogP contribution in [0.15, 0.2) is 42.5 Å². The molecule has 1 amide bonds. The Labute approximate surface area is 121 Å². The highest BCUT2D eigenvalue weighted by Crippen LogP contribution is 2.18. The molecule has 1 N–H and O–H groups in total. The number of carboxylic acids is 1. The van der Waals surface area contributed by atoms with Crippen LogP contribution in [0, 0.1) is 6.92 Å². The predicted octanol–water partition coefficient (Wildman–Crippen LogP) is 2.26. The van der Waals surface area contributed by atoms with Crippen LogP contribution < -0.4 is 10.4 Å². The number of carboxylic acid groups (broad SMARTS) is 1. The summed E-state index contributed by atoms with van der Waals surface area (Å²) in [6.45, 7) is 1.77. The van der Waals surface area contributed by atoms with E-state index >= 15 is 0 Å². The maximum atomic E-state index is 12.0. The fourth-order valence-corrected chi connectivity index (χ4v) is 1.81. The molecule has 0 aromatic heterocycles. The van der Waals surface area contributed by atoms with Gasteiger partial charge in [0.1, 0.15) is 0 Å². The van der Waals surface area contributed by atoms with E-state index in [0.29, 0.717) is 16.3 Å². The molecule has 0 saturated heterocycles. The van der Waals surface area contributed by atoms with Crippen molar-refractivity contribution in [2.75, 3.05) is 5.32 Å². The zero-order chi connectivity index (χ0) is 14.7. The molecule has 0 spiro atoms. The topological polar surface area (TPSA) is 69.2 Å². The molecule has 5 heteroatoms. The molecule has 0 radical (unpaired) electrons. The maximum Gasteiger partial charge on any atom is 0.255 e. The third kappa shape index (κ3) is 3.16. The van der Waals surface area contributed by atoms with E-state index < -0.39 is 5.97 Å². The fourth-order valence-electron chi connectivity index (χ4n) is 1.68. The van der Waals surface area contributed by atoms with E-state index in [-0.39, 0.29) is 11.5 Å². The van der Waals surface area contributed by atoms with E-state index in [2.05, 4.69) is 5.32 Å². The minimum absolute atomic E-state index is 0.0157. The number of aromatic carboxylic acids is 1. The van der Waals surface area contributed by atoms with Crippen molar-refractivity contribution < 1.29 is 14.7 Å². The molecule has 0 unspecified atom stereocenters. The van der Waals surface area contributed by atoms with Gasteiger partial charge in [-0.15, -0.1) is 0 Å². The average molecular weight is 289 g/mol. The van der Waals surface area contributed by atoms with E-state index in [9.17, 15) is 14.7 Å². The van der Waals surface area contributed by atoms with Gasteiger partial charge in [-0.05, 0) is 48.4 Å². The van der Waals surface area contributed by atoms with Crippen molar-refractivity contribution in [2.45, 2.75) is 6.92 Å². The summed E-state index contributed by atoms with van der Waals surface area (Å²) in [5.41, 5.74) is 1.65. The second-order valence-electron chi connectivity index (χ2n) is 4.28. The van der Waals surface area contributed by atoms with Crippen molar-refractivity contribution in [3.8, 4) is 0 Å². The standard InChI is InChI=1S/C15H12ClNO3/c1-9-2-3-11(15(19)20)8-13(9)17-14(18)10-4-6-12(16)7-5-10/h2-8H,1H3,(H,17,18)(H,19,20)/p-1. The average Bonchev–Trinajstić information content (AvgIpc) is 2.41. The van der Waals surface area contributed by atoms with Gasteiger partial charge in [0.05, 0.1) is 5.97 Å². The lowest BCUT2D eigenvalue weighted by Crippen LogP contribution is -2.22. The zero-order valence-corrected chi connectivity index (χ0v) is 11.4. The highest BCUT2D eigenvalue weighted by Gasteiger charge is 2.08. The SMILES string of the molecule is Cc1ccc(C(=O)[O-])cc1NC(=O)c1ccc(Cl)cc1.